The van der Waals surface area contributed by atoms with Gasteiger partial charge < -0.3 is 15.5 Å². The molecule has 1 saturated heterocycles. The van der Waals surface area contributed by atoms with E-state index in [-0.39, 0.29) is 18.0 Å². The highest BCUT2D eigenvalue weighted by Crippen LogP contribution is 2.18. The van der Waals surface area contributed by atoms with Gasteiger partial charge in [-0.05, 0) is 24.8 Å². The van der Waals surface area contributed by atoms with Crippen LogP contribution in [0.2, 0.25) is 0 Å². The summed E-state index contributed by atoms with van der Waals surface area (Å²) in [6.07, 6.45) is 2.85. The molecule has 2 N–H and O–H groups in total. The minimum absolute atomic E-state index is 0.0329. The van der Waals surface area contributed by atoms with Crippen LogP contribution >= 0.6 is 0 Å². The number of amides is 3. The van der Waals surface area contributed by atoms with Gasteiger partial charge in [0.1, 0.15) is 0 Å². The van der Waals surface area contributed by atoms with Gasteiger partial charge in [-0.3, -0.25) is 4.79 Å². The van der Waals surface area contributed by atoms with Gasteiger partial charge >= 0.3 is 6.03 Å². The molecule has 1 aromatic carbocycles. The Morgan fingerprint density at radius 1 is 1.30 bits per heavy atom. The lowest BCUT2D eigenvalue weighted by Crippen LogP contribution is -2.52. The van der Waals surface area contributed by atoms with Gasteiger partial charge in [0.2, 0.25) is 5.91 Å². The fourth-order valence-corrected chi connectivity index (χ4v) is 3.11. The molecule has 2 unspecified atom stereocenters. The molecule has 1 aliphatic heterocycles. The summed E-state index contributed by atoms with van der Waals surface area (Å²) < 4.78 is 0. The van der Waals surface area contributed by atoms with Crippen molar-refractivity contribution in [1.29, 1.82) is 0 Å². The summed E-state index contributed by atoms with van der Waals surface area (Å²) in [5.41, 5.74) is 1.25. The van der Waals surface area contributed by atoms with Gasteiger partial charge in [0.05, 0.1) is 0 Å². The van der Waals surface area contributed by atoms with E-state index < -0.39 is 0 Å². The topological polar surface area (TPSA) is 61.4 Å². The van der Waals surface area contributed by atoms with Crippen LogP contribution in [-0.2, 0) is 4.79 Å². The third-order valence-electron chi connectivity index (χ3n) is 4.38. The first-order valence-electron chi connectivity index (χ1n) is 8.45. The molecule has 2 rings (SSSR count). The van der Waals surface area contributed by atoms with E-state index in [1.807, 2.05) is 23.1 Å². The maximum Gasteiger partial charge on any atom is 0.317 e. The third kappa shape index (κ3) is 5.27. The fraction of sp³-hybridized carbons (Fsp3) is 0.556. The number of urea groups is 1. The van der Waals surface area contributed by atoms with Crippen molar-refractivity contribution in [2.75, 3.05) is 19.6 Å². The summed E-state index contributed by atoms with van der Waals surface area (Å²) in [5, 5.41) is 5.96. The summed E-state index contributed by atoms with van der Waals surface area (Å²) in [6, 6.07) is 10.3. The van der Waals surface area contributed by atoms with Crippen molar-refractivity contribution in [2.24, 2.45) is 0 Å². The average Bonchev–Trinajstić information content (AvgIpc) is 2.56. The van der Waals surface area contributed by atoms with Crippen molar-refractivity contribution in [2.45, 2.75) is 45.1 Å². The highest BCUT2D eigenvalue weighted by Gasteiger charge is 2.24. The zero-order valence-corrected chi connectivity index (χ0v) is 14.0. The van der Waals surface area contributed by atoms with Crippen LogP contribution in [0.3, 0.4) is 0 Å². The molecule has 1 fully saturated rings. The number of likely N-dealkylation sites (tertiary alicyclic amines) is 1. The van der Waals surface area contributed by atoms with Crippen molar-refractivity contribution >= 4 is 11.9 Å². The first-order valence-corrected chi connectivity index (χ1v) is 8.45. The summed E-state index contributed by atoms with van der Waals surface area (Å²) >= 11 is 0. The Kier molecular flexibility index (Phi) is 6.44. The Balaban J connectivity index is 1.85. The maximum absolute atomic E-state index is 12.4. The zero-order valence-electron chi connectivity index (χ0n) is 14.0. The molecule has 2 atom stereocenters. The van der Waals surface area contributed by atoms with Gasteiger partial charge in [-0.25, -0.2) is 4.79 Å². The molecule has 0 bridgehead atoms. The van der Waals surface area contributed by atoms with Crippen molar-refractivity contribution in [3.63, 3.8) is 0 Å². The second-order valence-electron chi connectivity index (χ2n) is 6.19. The quantitative estimate of drug-likeness (QED) is 0.876. The lowest BCUT2D eigenvalue weighted by Gasteiger charge is -2.33. The molecule has 0 saturated carbocycles. The van der Waals surface area contributed by atoms with Gasteiger partial charge in [-0.2, -0.15) is 0 Å². The van der Waals surface area contributed by atoms with Gasteiger partial charge in [0.15, 0.2) is 0 Å². The standard InChI is InChI=1S/C18H27N3O2/c1-3-15(16-8-5-4-6-9-16)12-19-18(23)21-11-7-10-17(13-21)20-14(2)22/h4-6,8-9,15,17H,3,7,10-13H2,1-2H3,(H,19,23)(H,20,22). The molecule has 5 heteroatoms. The van der Waals surface area contributed by atoms with Crippen LogP contribution in [0.5, 0.6) is 0 Å². The lowest BCUT2D eigenvalue weighted by molar-refractivity contribution is -0.119. The summed E-state index contributed by atoms with van der Waals surface area (Å²) in [6.45, 7) is 5.64. The molecule has 126 valence electrons. The van der Waals surface area contributed by atoms with Crippen LogP contribution in [0.25, 0.3) is 0 Å². The number of hydrogen-bond acceptors (Lipinski definition) is 2. The molecule has 1 aliphatic rings. The van der Waals surface area contributed by atoms with Crippen LogP contribution in [0.4, 0.5) is 4.79 Å². The van der Waals surface area contributed by atoms with Crippen LogP contribution < -0.4 is 10.6 Å². The predicted octanol–water partition coefficient (Wildman–Crippen LogP) is 2.49. The van der Waals surface area contributed by atoms with Crippen molar-refractivity contribution in [3.8, 4) is 0 Å². The number of hydrogen-bond donors (Lipinski definition) is 2. The van der Waals surface area contributed by atoms with Gasteiger partial charge in [0, 0.05) is 38.5 Å². The Morgan fingerprint density at radius 2 is 2.04 bits per heavy atom. The van der Waals surface area contributed by atoms with E-state index in [2.05, 4.69) is 29.7 Å². The molecule has 23 heavy (non-hydrogen) atoms. The summed E-state index contributed by atoms with van der Waals surface area (Å²) in [5.74, 6) is 0.295. The van der Waals surface area contributed by atoms with E-state index in [1.54, 1.807) is 0 Å². The monoisotopic (exact) mass is 317 g/mol. The minimum atomic E-state index is -0.0348. The first-order chi connectivity index (χ1) is 11.1. The maximum atomic E-state index is 12.4. The number of carbonyl (C=O) groups is 2. The highest BCUT2D eigenvalue weighted by molar-refractivity contribution is 5.75. The van der Waals surface area contributed by atoms with E-state index in [1.165, 1.54) is 12.5 Å². The van der Waals surface area contributed by atoms with E-state index in [0.717, 1.165) is 25.8 Å². The van der Waals surface area contributed by atoms with E-state index in [0.29, 0.717) is 19.0 Å². The Bertz CT molecular complexity index is 518. The first kappa shape index (κ1) is 17.3. The number of nitrogens with one attached hydrogen (secondary N) is 2. The predicted molar refractivity (Wildman–Crippen MR) is 91.3 cm³/mol. The number of rotatable bonds is 5. The Hall–Kier alpha value is -2.04. The van der Waals surface area contributed by atoms with Crippen LogP contribution in [-0.4, -0.2) is 42.5 Å². The highest BCUT2D eigenvalue weighted by atomic mass is 16.2. The molecule has 0 spiro atoms. The SMILES string of the molecule is CCC(CNC(=O)N1CCCC(NC(C)=O)C1)c1ccccc1. The van der Waals surface area contributed by atoms with Crippen molar-refractivity contribution in [1.82, 2.24) is 15.5 Å². The van der Waals surface area contributed by atoms with E-state index in [9.17, 15) is 9.59 Å². The second-order valence-corrected chi connectivity index (χ2v) is 6.19. The molecular weight excluding hydrogens is 290 g/mol. The number of carbonyl (C=O) groups excluding carboxylic acids is 2. The smallest absolute Gasteiger partial charge is 0.317 e. The summed E-state index contributed by atoms with van der Waals surface area (Å²) in [4.78, 5) is 25.4. The van der Waals surface area contributed by atoms with Gasteiger partial charge in [-0.1, -0.05) is 37.3 Å². The third-order valence-corrected chi connectivity index (χ3v) is 4.38. The normalized spacial score (nSPS) is 19.0. The van der Waals surface area contributed by atoms with E-state index in [4.69, 9.17) is 0 Å². The average molecular weight is 317 g/mol. The Labute approximate surface area is 138 Å². The number of benzene rings is 1. The molecule has 3 amide bonds. The van der Waals surface area contributed by atoms with Crippen molar-refractivity contribution < 1.29 is 9.59 Å². The second kappa shape index (κ2) is 8.56. The molecule has 1 heterocycles. The number of piperidine rings is 1. The minimum Gasteiger partial charge on any atom is -0.352 e. The molecule has 0 aliphatic carbocycles. The Morgan fingerprint density at radius 3 is 2.70 bits per heavy atom. The van der Waals surface area contributed by atoms with Crippen LogP contribution in [0, 0.1) is 0 Å². The summed E-state index contributed by atoms with van der Waals surface area (Å²) in [7, 11) is 0. The zero-order chi connectivity index (χ0) is 16.7. The molecule has 5 nitrogen and oxygen atoms in total. The molecular formula is C18H27N3O2. The van der Waals surface area contributed by atoms with Crippen molar-refractivity contribution in [3.05, 3.63) is 35.9 Å². The molecule has 0 radical (unpaired) electrons. The fourth-order valence-electron chi connectivity index (χ4n) is 3.11. The van der Waals surface area contributed by atoms with Gasteiger partial charge in [-0.15, -0.1) is 0 Å². The molecule has 1 aromatic rings. The van der Waals surface area contributed by atoms with Gasteiger partial charge in [0.25, 0.3) is 0 Å². The largest absolute Gasteiger partial charge is 0.352 e. The molecule has 0 aromatic heterocycles. The lowest BCUT2D eigenvalue weighted by atomic mass is 9.96. The van der Waals surface area contributed by atoms with Crippen LogP contribution in [0.15, 0.2) is 30.3 Å². The number of nitrogens with zero attached hydrogens (tertiary/aromatic N) is 1. The van der Waals surface area contributed by atoms with E-state index >= 15 is 0 Å². The van der Waals surface area contributed by atoms with Crippen LogP contribution in [0.1, 0.15) is 44.6 Å².